The molecule has 0 aromatic heterocycles. The summed E-state index contributed by atoms with van der Waals surface area (Å²) in [6.07, 6.45) is 1.36. The van der Waals surface area contributed by atoms with E-state index in [2.05, 4.69) is 6.92 Å². The normalized spacial score (nSPS) is 30.7. The van der Waals surface area contributed by atoms with Gasteiger partial charge in [0.25, 0.3) is 0 Å². The fourth-order valence-electron chi connectivity index (χ4n) is 2.10. The topological polar surface area (TPSA) is 20.2 Å². The van der Waals surface area contributed by atoms with Gasteiger partial charge in [-0.05, 0) is 24.1 Å². The summed E-state index contributed by atoms with van der Waals surface area (Å²) in [5.74, 6) is 0.528. The maximum Gasteiger partial charge on any atom is 0.123 e. The van der Waals surface area contributed by atoms with Crippen LogP contribution in [0.15, 0.2) is 24.3 Å². The van der Waals surface area contributed by atoms with Crippen LogP contribution in [0.1, 0.15) is 18.9 Å². The summed E-state index contributed by atoms with van der Waals surface area (Å²) in [5, 5.41) is 10.8. The molecule has 1 heterocycles. The van der Waals surface area contributed by atoms with Gasteiger partial charge in [-0.15, -0.1) is 0 Å². The molecule has 2 unspecified atom stereocenters. The Bertz CT molecular complexity index is 355. The fraction of sp³-hybridized carbons (Fsp3) is 0.500. The number of hydrogen-bond acceptors (Lipinski definition) is 2. The molecule has 15 heavy (non-hydrogen) atoms. The second-order valence-corrected chi connectivity index (χ2v) is 5.78. The molecule has 1 aromatic rings. The quantitative estimate of drug-likeness (QED) is 0.836. The van der Waals surface area contributed by atoms with Crippen LogP contribution in [0.2, 0.25) is 0 Å². The van der Waals surface area contributed by atoms with Crippen LogP contribution in [0, 0.1) is 5.82 Å². The van der Waals surface area contributed by atoms with E-state index in [9.17, 15) is 9.50 Å². The summed E-state index contributed by atoms with van der Waals surface area (Å²) in [5.41, 5.74) is 0.241. The summed E-state index contributed by atoms with van der Waals surface area (Å²) < 4.78 is 13.0. The van der Waals surface area contributed by atoms with Gasteiger partial charge in [-0.25, -0.2) is 4.39 Å². The van der Waals surface area contributed by atoms with Gasteiger partial charge in [-0.1, -0.05) is 19.1 Å². The van der Waals surface area contributed by atoms with Crippen molar-refractivity contribution < 1.29 is 9.50 Å². The molecule has 1 N–H and O–H groups in total. The minimum atomic E-state index is -0.641. The first-order chi connectivity index (χ1) is 7.07. The molecule has 1 aromatic carbocycles. The molecule has 0 bridgehead atoms. The van der Waals surface area contributed by atoms with E-state index in [0.29, 0.717) is 11.7 Å². The Hall–Kier alpha value is -0.540. The van der Waals surface area contributed by atoms with Crippen LogP contribution >= 0.6 is 11.8 Å². The molecule has 0 saturated carbocycles. The highest BCUT2D eigenvalue weighted by Crippen LogP contribution is 2.36. The molecule has 2 rings (SSSR count). The van der Waals surface area contributed by atoms with Gasteiger partial charge in [-0.3, -0.25) is 0 Å². The molecule has 1 aliphatic heterocycles. The standard InChI is InChI=1S/C12H15FOS/c1-9-6-12(14,8-15-9)7-10-3-2-4-11(13)5-10/h2-5,9,14H,6-8H2,1H3. The lowest BCUT2D eigenvalue weighted by Gasteiger charge is -2.21. The van der Waals surface area contributed by atoms with Crippen LogP contribution in [0.3, 0.4) is 0 Å². The molecule has 1 fully saturated rings. The lowest BCUT2D eigenvalue weighted by atomic mass is 9.92. The van der Waals surface area contributed by atoms with E-state index in [-0.39, 0.29) is 5.82 Å². The third-order valence-corrected chi connectivity index (χ3v) is 4.17. The van der Waals surface area contributed by atoms with Gasteiger partial charge in [0.15, 0.2) is 0 Å². The lowest BCUT2D eigenvalue weighted by molar-refractivity contribution is 0.0642. The van der Waals surface area contributed by atoms with Gasteiger partial charge >= 0.3 is 0 Å². The number of halogens is 1. The van der Waals surface area contributed by atoms with Crippen molar-refractivity contribution in [3.05, 3.63) is 35.6 Å². The summed E-state index contributed by atoms with van der Waals surface area (Å²) in [7, 11) is 0. The number of rotatable bonds is 2. The van der Waals surface area contributed by atoms with Crippen molar-refractivity contribution in [1.29, 1.82) is 0 Å². The minimum Gasteiger partial charge on any atom is -0.389 e. The van der Waals surface area contributed by atoms with Crippen LogP contribution < -0.4 is 0 Å². The van der Waals surface area contributed by atoms with Gasteiger partial charge in [0.2, 0.25) is 0 Å². The smallest absolute Gasteiger partial charge is 0.123 e. The van der Waals surface area contributed by atoms with E-state index in [0.717, 1.165) is 17.7 Å². The molecular formula is C12H15FOS. The Morgan fingerprint density at radius 1 is 1.60 bits per heavy atom. The van der Waals surface area contributed by atoms with Gasteiger partial charge in [0.05, 0.1) is 5.60 Å². The second-order valence-electron chi connectivity index (χ2n) is 4.36. The van der Waals surface area contributed by atoms with Gasteiger partial charge in [0.1, 0.15) is 5.82 Å². The molecule has 82 valence electrons. The molecular weight excluding hydrogens is 211 g/mol. The van der Waals surface area contributed by atoms with E-state index in [1.807, 2.05) is 6.07 Å². The number of aliphatic hydroxyl groups is 1. The van der Waals surface area contributed by atoms with Gasteiger partial charge in [0, 0.05) is 17.4 Å². The number of hydrogen-bond donors (Lipinski definition) is 1. The second kappa shape index (κ2) is 4.14. The van der Waals surface area contributed by atoms with Crippen molar-refractivity contribution in [2.24, 2.45) is 0 Å². The Morgan fingerprint density at radius 3 is 3.00 bits per heavy atom. The van der Waals surface area contributed by atoms with Crippen molar-refractivity contribution in [1.82, 2.24) is 0 Å². The fourth-order valence-corrected chi connectivity index (χ4v) is 3.34. The monoisotopic (exact) mass is 226 g/mol. The summed E-state index contributed by atoms with van der Waals surface area (Å²) in [4.78, 5) is 0. The van der Waals surface area contributed by atoms with Crippen LogP contribution in [0.4, 0.5) is 4.39 Å². The van der Waals surface area contributed by atoms with Crippen LogP contribution in [-0.2, 0) is 6.42 Å². The highest BCUT2D eigenvalue weighted by atomic mass is 32.2. The van der Waals surface area contributed by atoms with Crippen LogP contribution in [0.25, 0.3) is 0 Å². The van der Waals surface area contributed by atoms with E-state index in [4.69, 9.17) is 0 Å². The molecule has 0 radical (unpaired) electrons. The molecule has 0 aliphatic carbocycles. The first-order valence-electron chi connectivity index (χ1n) is 5.16. The number of benzene rings is 1. The van der Waals surface area contributed by atoms with Gasteiger partial charge in [-0.2, -0.15) is 11.8 Å². The van der Waals surface area contributed by atoms with Crippen molar-refractivity contribution in [3.8, 4) is 0 Å². The average Bonchev–Trinajstić information content (AvgIpc) is 2.45. The van der Waals surface area contributed by atoms with E-state index >= 15 is 0 Å². The average molecular weight is 226 g/mol. The zero-order valence-corrected chi connectivity index (χ0v) is 9.56. The van der Waals surface area contributed by atoms with E-state index in [1.54, 1.807) is 17.8 Å². The van der Waals surface area contributed by atoms with Gasteiger partial charge < -0.3 is 5.11 Å². The molecule has 0 spiro atoms. The van der Waals surface area contributed by atoms with E-state index < -0.39 is 5.60 Å². The third kappa shape index (κ3) is 2.73. The summed E-state index contributed by atoms with van der Waals surface area (Å²) >= 11 is 1.78. The first kappa shape index (κ1) is 11.0. The zero-order valence-electron chi connectivity index (χ0n) is 8.74. The SMILES string of the molecule is CC1CC(O)(Cc2cccc(F)c2)CS1. The highest BCUT2D eigenvalue weighted by molar-refractivity contribution is 8.00. The van der Waals surface area contributed by atoms with Crippen molar-refractivity contribution >= 4 is 11.8 Å². The molecule has 1 saturated heterocycles. The van der Waals surface area contributed by atoms with Crippen molar-refractivity contribution in [2.45, 2.75) is 30.6 Å². The Morgan fingerprint density at radius 2 is 2.40 bits per heavy atom. The predicted molar refractivity (Wildman–Crippen MR) is 61.6 cm³/mol. The lowest BCUT2D eigenvalue weighted by Crippen LogP contribution is -2.31. The first-order valence-corrected chi connectivity index (χ1v) is 6.21. The molecule has 3 heteroatoms. The maximum atomic E-state index is 13.0. The zero-order chi connectivity index (χ0) is 10.9. The molecule has 2 atom stereocenters. The van der Waals surface area contributed by atoms with E-state index in [1.165, 1.54) is 12.1 Å². The van der Waals surface area contributed by atoms with Crippen molar-refractivity contribution in [3.63, 3.8) is 0 Å². The Labute approximate surface area is 93.7 Å². The Kier molecular flexibility index (Phi) is 3.03. The highest BCUT2D eigenvalue weighted by Gasteiger charge is 2.35. The third-order valence-electron chi connectivity index (χ3n) is 2.73. The molecule has 1 nitrogen and oxygen atoms in total. The molecule has 1 aliphatic rings. The summed E-state index contributed by atoms with van der Waals surface area (Å²) in [6, 6.07) is 6.50. The van der Waals surface area contributed by atoms with Crippen molar-refractivity contribution in [2.75, 3.05) is 5.75 Å². The largest absolute Gasteiger partial charge is 0.389 e. The Balaban J connectivity index is 2.08. The summed E-state index contributed by atoms with van der Waals surface area (Å²) in [6.45, 7) is 2.12. The number of thioether (sulfide) groups is 1. The minimum absolute atomic E-state index is 0.227. The predicted octanol–water partition coefficient (Wildman–Crippen LogP) is 2.62. The molecule has 0 amide bonds. The van der Waals surface area contributed by atoms with Crippen LogP contribution in [-0.4, -0.2) is 21.7 Å². The van der Waals surface area contributed by atoms with Crippen LogP contribution in [0.5, 0.6) is 0 Å². The maximum absolute atomic E-state index is 13.0.